The fourth-order valence-corrected chi connectivity index (χ4v) is 3.47. The van der Waals surface area contributed by atoms with Gasteiger partial charge in [-0.1, -0.05) is 26.7 Å². The van der Waals surface area contributed by atoms with E-state index in [1.54, 1.807) is 0 Å². The molecule has 2 nitrogen and oxygen atoms in total. The second-order valence-corrected chi connectivity index (χ2v) is 6.37. The van der Waals surface area contributed by atoms with E-state index in [0.29, 0.717) is 6.04 Å². The molecule has 0 aromatic heterocycles. The minimum atomic E-state index is 0.419. The van der Waals surface area contributed by atoms with Crippen LogP contribution in [0.5, 0.6) is 0 Å². The minimum absolute atomic E-state index is 0.419. The van der Waals surface area contributed by atoms with Gasteiger partial charge in [-0.15, -0.1) is 0 Å². The van der Waals surface area contributed by atoms with Gasteiger partial charge in [0.15, 0.2) is 0 Å². The van der Waals surface area contributed by atoms with Gasteiger partial charge >= 0.3 is 0 Å². The number of hydrogen-bond acceptors (Lipinski definition) is 2. The predicted octanol–water partition coefficient (Wildman–Crippen LogP) is 2.48. The maximum Gasteiger partial charge on any atom is 0.0171 e. The van der Waals surface area contributed by atoms with Crippen LogP contribution in [0.4, 0.5) is 0 Å². The molecule has 16 heavy (non-hydrogen) atoms. The molecule has 2 fully saturated rings. The smallest absolute Gasteiger partial charge is 0.0171 e. The predicted molar refractivity (Wildman–Crippen MR) is 69.3 cm³/mol. The number of rotatable bonds is 3. The lowest BCUT2D eigenvalue weighted by Crippen LogP contribution is -2.49. The third-order valence-electron chi connectivity index (χ3n) is 4.52. The highest BCUT2D eigenvalue weighted by atomic mass is 15.2. The fourth-order valence-electron chi connectivity index (χ4n) is 3.47. The van der Waals surface area contributed by atoms with Crippen LogP contribution in [0.15, 0.2) is 0 Å². The Morgan fingerprint density at radius 1 is 1.19 bits per heavy atom. The van der Waals surface area contributed by atoms with Gasteiger partial charge < -0.3 is 10.6 Å². The van der Waals surface area contributed by atoms with Gasteiger partial charge in [-0.25, -0.2) is 0 Å². The molecule has 0 radical (unpaired) electrons. The summed E-state index contributed by atoms with van der Waals surface area (Å²) < 4.78 is 0. The zero-order valence-electron chi connectivity index (χ0n) is 11.0. The first-order valence-electron chi connectivity index (χ1n) is 7.13. The molecule has 1 aliphatic carbocycles. The van der Waals surface area contributed by atoms with Gasteiger partial charge in [0, 0.05) is 25.7 Å². The van der Waals surface area contributed by atoms with Crippen molar-refractivity contribution in [3.63, 3.8) is 0 Å². The van der Waals surface area contributed by atoms with E-state index in [1.165, 1.54) is 45.2 Å². The molecular formula is C14H28N2. The van der Waals surface area contributed by atoms with Crippen molar-refractivity contribution in [3.8, 4) is 0 Å². The monoisotopic (exact) mass is 224 g/mol. The Kier molecular flexibility index (Phi) is 4.26. The van der Waals surface area contributed by atoms with Crippen LogP contribution in [0.25, 0.3) is 0 Å². The lowest BCUT2D eigenvalue weighted by atomic mass is 9.85. The molecule has 0 aromatic rings. The molecule has 0 spiro atoms. The molecule has 0 bridgehead atoms. The standard InChI is InChI=1S/C14H28N2/c1-11(2)13-7-14(15)10-16(9-13)8-12-5-3-4-6-12/h11-14H,3-10,15H2,1-2H3. The lowest BCUT2D eigenvalue weighted by Gasteiger charge is -2.39. The maximum atomic E-state index is 6.19. The van der Waals surface area contributed by atoms with Crippen molar-refractivity contribution in [2.75, 3.05) is 19.6 Å². The van der Waals surface area contributed by atoms with Crippen molar-refractivity contribution in [1.82, 2.24) is 4.90 Å². The van der Waals surface area contributed by atoms with Crippen LogP contribution in [0, 0.1) is 17.8 Å². The molecule has 2 heteroatoms. The van der Waals surface area contributed by atoms with Gasteiger partial charge in [-0.3, -0.25) is 0 Å². The Morgan fingerprint density at radius 3 is 2.50 bits per heavy atom. The highest BCUT2D eigenvalue weighted by Gasteiger charge is 2.28. The summed E-state index contributed by atoms with van der Waals surface area (Å²) in [6.07, 6.45) is 7.06. The van der Waals surface area contributed by atoms with Crippen LogP contribution < -0.4 is 5.73 Å². The normalized spacial score (nSPS) is 33.8. The van der Waals surface area contributed by atoms with Crippen molar-refractivity contribution in [1.29, 1.82) is 0 Å². The van der Waals surface area contributed by atoms with Crippen LogP contribution in [-0.4, -0.2) is 30.6 Å². The molecular weight excluding hydrogens is 196 g/mol. The first-order chi connectivity index (χ1) is 7.65. The molecule has 2 unspecified atom stereocenters. The Morgan fingerprint density at radius 2 is 1.88 bits per heavy atom. The zero-order chi connectivity index (χ0) is 11.5. The van der Waals surface area contributed by atoms with E-state index in [2.05, 4.69) is 18.7 Å². The second-order valence-electron chi connectivity index (χ2n) is 6.37. The van der Waals surface area contributed by atoms with Crippen molar-refractivity contribution in [2.45, 2.75) is 52.0 Å². The van der Waals surface area contributed by atoms with Gasteiger partial charge in [-0.05, 0) is 37.0 Å². The van der Waals surface area contributed by atoms with Gasteiger partial charge in [-0.2, -0.15) is 0 Å². The first-order valence-corrected chi connectivity index (χ1v) is 7.13. The van der Waals surface area contributed by atoms with Crippen molar-refractivity contribution < 1.29 is 0 Å². The molecule has 0 amide bonds. The van der Waals surface area contributed by atoms with E-state index in [1.807, 2.05) is 0 Å². The van der Waals surface area contributed by atoms with E-state index in [4.69, 9.17) is 5.73 Å². The van der Waals surface area contributed by atoms with E-state index in [9.17, 15) is 0 Å². The Balaban J connectivity index is 1.83. The molecule has 0 aromatic carbocycles. The maximum absolute atomic E-state index is 6.19. The highest BCUT2D eigenvalue weighted by molar-refractivity contribution is 4.84. The van der Waals surface area contributed by atoms with Crippen molar-refractivity contribution in [3.05, 3.63) is 0 Å². The molecule has 2 rings (SSSR count). The lowest BCUT2D eigenvalue weighted by molar-refractivity contribution is 0.113. The Bertz CT molecular complexity index is 207. The molecule has 2 N–H and O–H groups in total. The summed E-state index contributed by atoms with van der Waals surface area (Å²) in [7, 11) is 0. The molecule has 1 saturated heterocycles. The van der Waals surface area contributed by atoms with E-state index in [0.717, 1.165) is 24.3 Å². The third kappa shape index (κ3) is 3.21. The first kappa shape index (κ1) is 12.4. The van der Waals surface area contributed by atoms with Crippen LogP contribution >= 0.6 is 0 Å². The van der Waals surface area contributed by atoms with Gasteiger partial charge in [0.2, 0.25) is 0 Å². The summed E-state index contributed by atoms with van der Waals surface area (Å²) in [6.45, 7) is 8.44. The summed E-state index contributed by atoms with van der Waals surface area (Å²) in [5.41, 5.74) is 6.19. The van der Waals surface area contributed by atoms with Crippen LogP contribution in [-0.2, 0) is 0 Å². The molecule has 1 aliphatic heterocycles. The van der Waals surface area contributed by atoms with Crippen LogP contribution in [0.2, 0.25) is 0 Å². The molecule has 94 valence electrons. The number of hydrogen-bond donors (Lipinski definition) is 1. The quantitative estimate of drug-likeness (QED) is 0.798. The molecule has 2 atom stereocenters. The molecule has 1 saturated carbocycles. The number of likely N-dealkylation sites (tertiary alicyclic amines) is 1. The van der Waals surface area contributed by atoms with E-state index < -0.39 is 0 Å². The van der Waals surface area contributed by atoms with Crippen molar-refractivity contribution >= 4 is 0 Å². The number of nitrogens with two attached hydrogens (primary N) is 1. The van der Waals surface area contributed by atoms with Crippen LogP contribution in [0.3, 0.4) is 0 Å². The average Bonchev–Trinajstić information content (AvgIpc) is 2.69. The van der Waals surface area contributed by atoms with Crippen LogP contribution in [0.1, 0.15) is 46.0 Å². The molecule has 2 aliphatic rings. The summed E-state index contributed by atoms with van der Waals surface area (Å²) in [5, 5.41) is 0. The number of nitrogens with zero attached hydrogens (tertiary/aromatic N) is 1. The largest absolute Gasteiger partial charge is 0.327 e. The zero-order valence-corrected chi connectivity index (χ0v) is 11.0. The summed E-state index contributed by atoms with van der Waals surface area (Å²) in [5.74, 6) is 2.58. The van der Waals surface area contributed by atoms with E-state index >= 15 is 0 Å². The summed E-state index contributed by atoms with van der Waals surface area (Å²) >= 11 is 0. The summed E-state index contributed by atoms with van der Waals surface area (Å²) in [6, 6.07) is 0.419. The Labute approximate surface area is 101 Å². The second kappa shape index (κ2) is 5.50. The topological polar surface area (TPSA) is 29.3 Å². The average molecular weight is 224 g/mol. The summed E-state index contributed by atoms with van der Waals surface area (Å²) in [4.78, 5) is 2.65. The minimum Gasteiger partial charge on any atom is -0.327 e. The highest BCUT2D eigenvalue weighted by Crippen LogP contribution is 2.28. The molecule has 1 heterocycles. The van der Waals surface area contributed by atoms with Gasteiger partial charge in [0.1, 0.15) is 0 Å². The SMILES string of the molecule is CC(C)C1CC(N)CN(CC2CCCC2)C1. The fraction of sp³-hybridized carbons (Fsp3) is 1.00. The Hall–Kier alpha value is -0.0800. The van der Waals surface area contributed by atoms with Crippen molar-refractivity contribution in [2.24, 2.45) is 23.5 Å². The third-order valence-corrected chi connectivity index (χ3v) is 4.52. The van der Waals surface area contributed by atoms with Gasteiger partial charge in [0.05, 0.1) is 0 Å². The number of piperidine rings is 1. The van der Waals surface area contributed by atoms with E-state index in [-0.39, 0.29) is 0 Å². The van der Waals surface area contributed by atoms with Gasteiger partial charge in [0.25, 0.3) is 0 Å².